The molecule has 0 radical (unpaired) electrons. The van der Waals surface area contributed by atoms with Gasteiger partial charge in [0, 0.05) is 23.6 Å². The lowest BCUT2D eigenvalue weighted by atomic mass is 10.2. The van der Waals surface area contributed by atoms with Crippen LogP contribution in [0.3, 0.4) is 0 Å². The minimum atomic E-state index is -1.04. The molecule has 0 saturated heterocycles. The number of nitrogens with zero attached hydrogens (tertiary/aromatic N) is 1. The van der Waals surface area contributed by atoms with Gasteiger partial charge in [0.2, 0.25) is 0 Å². The largest absolute Gasteiger partial charge is 0.491 e. The van der Waals surface area contributed by atoms with Crippen molar-refractivity contribution in [3.63, 3.8) is 0 Å². The first-order valence-corrected chi connectivity index (χ1v) is 9.59. The summed E-state index contributed by atoms with van der Waals surface area (Å²) in [5.41, 5.74) is 2.88. The van der Waals surface area contributed by atoms with Gasteiger partial charge in [-0.3, -0.25) is 4.79 Å². The Labute approximate surface area is 169 Å². The normalized spacial score (nSPS) is 11.7. The number of thiazole rings is 1. The molecule has 29 heavy (non-hydrogen) atoms. The molecule has 0 saturated carbocycles. The fourth-order valence-electron chi connectivity index (χ4n) is 2.32. The van der Waals surface area contributed by atoms with Crippen molar-refractivity contribution in [2.45, 2.75) is 12.7 Å². The van der Waals surface area contributed by atoms with E-state index < -0.39 is 23.6 Å². The summed E-state index contributed by atoms with van der Waals surface area (Å²) >= 11 is 1.47. The number of benzene rings is 2. The Morgan fingerprint density at radius 1 is 1.14 bits per heavy atom. The molecule has 0 bridgehead atoms. The number of hydrogen-bond donors (Lipinski definition) is 2. The molecule has 3 aromatic rings. The molecular formula is C20H18F2N2O4S. The average molecular weight is 420 g/mol. The van der Waals surface area contributed by atoms with Gasteiger partial charge in [-0.05, 0) is 30.3 Å². The zero-order valence-electron chi connectivity index (χ0n) is 15.2. The van der Waals surface area contributed by atoms with E-state index >= 15 is 0 Å². The third-order valence-corrected chi connectivity index (χ3v) is 4.43. The highest BCUT2D eigenvalue weighted by Gasteiger charge is 2.12. The minimum Gasteiger partial charge on any atom is -0.491 e. The van der Waals surface area contributed by atoms with Gasteiger partial charge in [-0.25, -0.2) is 13.8 Å². The molecule has 0 aliphatic carbocycles. The van der Waals surface area contributed by atoms with Crippen molar-refractivity contribution >= 4 is 17.2 Å². The molecule has 1 amide bonds. The molecule has 9 heteroatoms. The van der Waals surface area contributed by atoms with Crippen LogP contribution in [0.15, 0.2) is 53.4 Å². The minimum absolute atomic E-state index is 0.0770. The van der Waals surface area contributed by atoms with Crippen LogP contribution in [0.5, 0.6) is 11.5 Å². The van der Waals surface area contributed by atoms with E-state index in [2.05, 4.69) is 10.3 Å². The predicted octanol–water partition coefficient (Wildman–Crippen LogP) is 3.17. The molecule has 6 nitrogen and oxygen atoms in total. The summed E-state index contributed by atoms with van der Waals surface area (Å²) in [5.74, 6) is -1.81. The van der Waals surface area contributed by atoms with Crippen molar-refractivity contribution in [3.05, 3.63) is 76.2 Å². The molecule has 1 atom stereocenters. The summed E-state index contributed by atoms with van der Waals surface area (Å²) in [6, 6.07) is 9.70. The van der Waals surface area contributed by atoms with Gasteiger partial charge in [0.1, 0.15) is 30.8 Å². The molecule has 0 spiro atoms. The molecule has 0 aliphatic heterocycles. The molecule has 1 unspecified atom stereocenters. The van der Waals surface area contributed by atoms with E-state index in [9.17, 15) is 18.7 Å². The third kappa shape index (κ3) is 6.23. The summed E-state index contributed by atoms with van der Waals surface area (Å²) in [6.07, 6.45) is -1.03. The molecule has 3 rings (SSSR count). The smallest absolute Gasteiger partial charge is 0.251 e. The number of rotatable bonds is 9. The van der Waals surface area contributed by atoms with Crippen LogP contribution in [0, 0.1) is 11.6 Å². The van der Waals surface area contributed by atoms with Gasteiger partial charge in [0.15, 0.2) is 11.6 Å². The number of carbonyl (C=O) groups is 1. The van der Waals surface area contributed by atoms with E-state index in [4.69, 9.17) is 9.47 Å². The summed E-state index contributed by atoms with van der Waals surface area (Å²) in [5, 5.41) is 14.4. The van der Waals surface area contributed by atoms with Crippen molar-refractivity contribution in [1.82, 2.24) is 10.3 Å². The van der Waals surface area contributed by atoms with Crippen molar-refractivity contribution in [2.75, 3.05) is 13.2 Å². The van der Waals surface area contributed by atoms with Crippen molar-refractivity contribution < 1.29 is 28.2 Å². The molecule has 0 fully saturated rings. The topological polar surface area (TPSA) is 80.7 Å². The van der Waals surface area contributed by atoms with E-state index in [1.807, 2.05) is 5.38 Å². The van der Waals surface area contributed by atoms with E-state index in [1.165, 1.54) is 17.4 Å². The SMILES string of the molecule is O=C(NCC(O)COc1ccc(F)c(F)c1)c1cccc(OCc2cscn2)c1. The molecule has 1 heterocycles. The predicted molar refractivity (Wildman–Crippen MR) is 103 cm³/mol. The number of aliphatic hydroxyl groups is 1. The quantitative estimate of drug-likeness (QED) is 0.556. The van der Waals surface area contributed by atoms with Gasteiger partial charge in [-0.1, -0.05) is 6.07 Å². The van der Waals surface area contributed by atoms with Crippen molar-refractivity contribution in [3.8, 4) is 11.5 Å². The van der Waals surface area contributed by atoms with Crippen LogP contribution < -0.4 is 14.8 Å². The second kappa shape index (κ2) is 9.94. The van der Waals surface area contributed by atoms with Crippen LogP contribution in [-0.2, 0) is 6.61 Å². The number of carbonyl (C=O) groups excluding carboxylic acids is 1. The van der Waals surface area contributed by atoms with Gasteiger partial charge < -0.3 is 19.9 Å². The maximum absolute atomic E-state index is 13.1. The first-order valence-electron chi connectivity index (χ1n) is 8.65. The highest BCUT2D eigenvalue weighted by atomic mass is 32.1. The molecule has 1 aromatic heterocycles. The van der Waals surface area contributed by atoms with Gasteiger partial charge >= 0.3 is 0 Å². The Morgan fingerprint density at radius 2 is 1.97 bits per heavy atom. The zero-order valence-corrected chi connectivity index (χ0v) is 16.0. The molecule has 2 aromatic carbocycles. The highest BCUT2D eigenvalue weighted by Crippen LogP contribution is 2.16. The van der Waals surface area contributed by atoms with E-state index in [-0.39, 0.29) is 18.9 Å². The summed E-state index contributed by atoms with van der Waals surface area (Å²) in [6.45, 7) is 0.0309. The number of aromatic nitrogens is 1. The number of ether oxygens (including phenoxy) is 2. The Bertz CT molecular complexity index is 953. The van der Waals surface area contributed by atoms with Crippen LogP contribution in [-0.4, -0.2) is 35.3 Å². The van der Waals surface area contributed by atoms with Crippen LogP contribution in [0.25, 0.3) is 0 Å². The van der Waals surface area contributed by atoms with E-state index in [1.54, 1.807) is 29.8 Å². The summed E-state index contributed by atoms with van der Waals surface area (Å²) in [4.78, 5) is 16.4. The maximum Gasteiger partial charge on any atom is 0.251 e. The lowest BCUT2D eigenvalue weighted by molar-refractivity contribution is 0.0842. The van der Waals surface area contributed by atoms with Gasteiger partial charge in [0.25, 0.3) is 5.91 Å². The van der Waals surface area contributed by atoms with Gasteiger partial charge in [-0.15, -0.1) is 11.3 Å². The first kappa shape index (κ1) is 20.7. The highest BCUT2D eigenvalue weighted by molar-refractivity contribution is 7.07. The number of amides is 1. The monoisotopic (exact) mass is 420 g/mol. The number of hydrogen-bond acceptors (Lipinski definition) is 6. The van der Waals surface area contributed by atoms with Crippen molar-refractivity contribution in [1.29, 1.82) is 0 Å². The molecule has 2 N–H and O–H groups in total. The number of nitrogens with one attached hydrogen (secondary N) is 1. The second-order valence-corrected chi connectivity index (χ2v) is 6.77. The molecule has 0 aliphatic rings. The maximum atomic E-state index is 13.1. The van der Waals surface area contributed by atoms with E-state index in [0.29, 0.717) is 17.9 Å². The van der Waals surface area contributed by atoms with E-state index in [0.717, 1.165) is 17.8 Å². The zero-order chi connectivity index (χ0) is 20.6. The summed E-state index contributed by atoms with van der Waals surface area (Å²) < 4.78 is 36.8. The van der Waals surface area contributed by atoms with Gasteiger partial charge in [-0.2, -0.15) is 0 Å². The first-order chi connectivity index (χ1) is 14.0. The fraction of sp³-hybridized carbons (Fsp3) is 0.200. The third-order valence-electron chi connectivity index (χ3n) is 3.80. The summed E-state index contributed by atoms with van der Waals surface area (Å²) in [7, 11) is 0. The molecule has 152 valence electrons. The van der Waals surface area contributed by atoms with Crippen LogP contribution in [0.1, 0.15) is 16.1 Å². The number of aliphatic hydroxyl groups excluding tert-OH is 1. The fourth-order valence-corrected chi connectivity index (χ4v) is 2.87. The van der Waals surface area contributed by atoms with Crippen molar-refractivity contribution in [2.24, 2.45) is 0 Å². The standard InChI is InChI=1S/C20H18F2N2O4S/c21-18-5-4-17(7-19(18)22)28-10-15(25)8-23-20(26)13-2-1-3-16(6-13)27-9-14-11-29-12-24-14/h1-7,11-12,15,25H,8-10H2,(H,23,26). The average Bonchev–Trinajstić information content (AvgIpc) is 3.25. The Morgan fingerprint density at radius 3 is 2.72 bits per heavy atom. The van der Waals surface area contributed by atoms with Crippen LogP contribution in [0.2, 0.25) is 0 Å². The lowest BCUT2D eigenvalue weighted by Crippen LogP contribution is -2.35. The second-order valence-electron chi connectivity index (χ2n) is 6.05. The Hall–Kier alpha value is -3.04. The van der Waals surface area contributed by atoms with Crippen LogP contribution >= 0.6 is 11.3 Å². The Balaban J connectivity index is 1.45. The lowest BCUT2D eigenvalue weighted by Gasteiger charge is -2.14. The Kier molecular flexibility index (Phi) is 7.09. The number of halogens is 2. The molecular weight excluding hydrogens is 402 g/mol. The van der Waals surface area contributed by atoms with Crippen LogP contribution in [0.4, 0.5) is 8.78 Å². The van der Waals surface area contributed by atoms with Gasteiger partial charge in [0.05, 0.1) is 11.2 Å².